The van der Waals surface area contributed by atoms with Crippen LogP contribution in [0.2, 0.25) is 0 Å². The predicted octanol–water partition coefficient (Wildman–Crippen LogP) is 3.26. The molecule has 3 aromatic heterocycles. The van der Waals surface area contributed by atoms with Gasteiger partial charge in [-0.25, -0.2) is 4.98 Å². The van der Waals surface area contributed by atoms with Crippen LogP contribution in [0.3, 0.4) is 0 Å². The normalized spacial score (nSPS) is 14.2. The second-order valence-corrected chi connectivity index (χ2v) is 7.46. The Morgan fingerprint density at radius 1 is 1.14 bits per heavy atom. The van der Waals surface area contributed by atoms with Gasteiger partial charge in [0, 0.05) is 26.2 Å². The highest BCUT2D eigenvalue weighted by Gasteiger charge is 2.24. The summed E-state index contributed by atoms with van der Waals surface area (Å²) in [5, 5.41) is 4.71. The first-order valence-electron chi connectivity index (χ1n) is 9.01. The predicted molar refractivity (Wildman–Crippen MR) is 108 cm³/mol. The Kier molecular flexibility index (Phi) is 5.12. The third kappa shape index (κ3) is 3.77. The number of piperazine rings is 1. The van der Waals surface area contributed by atoms with E-state index in [0.717, 1.165) is 29.3 Å². The molecule has 0 aliphatic carbocycles. The molecule has 0 atom stereocenters. The van der Waals surface area contributed by atoms with E-state index in [4.69, 9.17) is 4.42 Å². The molecule has 0 spiro atoms. The van der Waals surface area contributed by atoms with Gasteiger partial charge in [0.05, 0.1) is 23.0 Å². The lowest BCUT2D eigenvalue weighted by Gasteiger charge is -2.35. The number of hydrogen-bond acceptors (Lipinski definition) is 6. The molecule has 1 N–H and O–H groups in total. The zero-order valence-corrected chi connectivity index (χ0v) is 16.2. The molecule has 3 aromatic rings. The topological polar surface area (TPSA) is 78.7 Å². The standard InChI is InChI=1S/C20H20N4O3S/c1-14-6-12-28-18(14)20(26)24-9-7-23(8-10-24)17-5-4-15(13-21-17)22-19(25)16-3-2-11-27-16/h2-6,11-13H,7-10H2,1H3,(H,22,25). The maximum atomic E-state index is 12.6. The molecule has 8 heteroatoms. The molecule has 1 aliphatic heterocycles. The van der Waals surface area contributed by atoms with Crippen LogP contribution in [0.1, 0.15) is 25.8 Å². The smallest absolute Gasteiger partial charge is 0.291 e. The van der Waals surface area contributed by atoms with E-state index in [1.54, 1.807) is 18.3 Å². The van der Waals surface area contributed by atoms with Crippen LogP contribution in [-0.2, 0) is 0 Å². The van der Waals surface area contributed by atoms with Gasteiger partial charge in [0.15, 0.2) is 5.76 Å². The molecule has 0 bridgehead atoms. The summed E-state index contributed by atoms with van der Waals surface area (Å²) in [7, 11) is 0. The Hall–Kier alpha value is -3.13. The number of nitrogens with one attached hydrogen (secondary N) is 1. The van der Waals surface area contributed by atoms with Crippen LogP contribution in [0, 0.1) is 6.92 Å². The fraction of sp³-hybridized carbons (Fsp3) is 0.250. The Morgan fingerprint density at radius 2 is 1.96 bits per heavy atom. The van der Waals surface area contributed by atoms with Gasteiger partial charge in [0.25, 0.3) is 11.8 Å². The molecule has 1 saturated heterocycles. The molecule has 4 rings (SSSR count). The SMILES string of the molecule is Cc1ccsc1C(=O)N1CCN(c2ccc(NC(=O)c3ccco3)cn2)CC1. The van der Waals surface area contributed by atoms with E-state index in [0.29, 0.717) is 18.8 Å². The molecule has 0 radical (unpaired) electrons. The van der Waals surface area contributed by atoms with Gasteiger partial charge < -0.3 is 19.5 Å². The van der Waals surface area contributed by atoms with Gasteiger partial charge in [-0.05, 0) is 48.2 Å². The number of thiophene rings is 1. The molecule has 144 valence electrons. The zero-order valence-electron chi connectivity index (χ0n) is 15.4. The van der Waals surface area contributed by atoms with Crippen LogP contribution >= 0.6 is 11.3 Å². The monoisotopic (exact) mass is 396 g/mol. The van der Waals surface area contributed by atoms with Gasteiger partial charge in [0.1, 0.15) is 5.82 Å². The van der Waals surface area contributed by atoms with E-state index in [1.807, 2.05) is 35.4 Å². The number of pyridine rings is 1. The van der Waals surface area contributed by atoms with Crippen LogP contribution in [0.5, 0.6) is 0 Å². The Labute approximate surface area is 166 Å². The van der Waals surface area contributed by atoms with Crippen molar-refractivity contribution >= 4 is 34.7 Å². The molecular weight excluding hydrogens is 376 g/mol. The Morgan fingerprint density at radius 3 is 2.57 bits per heavy atom. The van der Waals surface area contributed by atoms with Gasteiger partial charge in [-0.3, -0.25) is 9.59 Å². The van der Waals surface area contributed by atoms with Crippen molar-refractivity contribution in [2.45, 2.75) is 6.92 Å². The first-order chi connectivity index (χ1) is 13.6. The van der Waals surface area contributed by atoms with Crippen molar-refractivity contribution in [1.29, 1.82) is 0 Å². The lowest BCUT2D eigenvalue weighted by molar-refractivity contribution is 0.0750. The minimum absolute atomic E-state index is 0.107. The van der Waals surface area contributed by atoms with Crippen molar-refractivity contribution < 1.29 is 14.0 Å². The number of nitrogens with zero attached hydrogens (tertiary/aromatic N) is 3. The van der Waals surface area contributed by atoms with E-state index in [9.17, 15) is 9.59 Å². The first-order valence-corrected chi connectivity index (χ1v) is 9.89. The summed E-state index contributed by atoms with van der Waals surface area (Å²) in [5.74, 6) is 0.882. The van der Waals surface area contributed by atoms with Gasteiger partial charge >= 0.3 is 0 Å². The quantitative estimate of drug-likeness (QED) is 0.732. The summed E-state index contributed by atoms with van der Waals surface area (Å²) in [6.45, 7) is 4.74. The number of hydrogen-bond donors (Lipinski definition) is 1. The van der Waals surface area contributed by atoms with E-state index in [1.165, 1.54) is 17.6 Å². The minimum atomic E-state index is -0.310. The summed E-state index contributed by atoms with van der Waals surface area (Å²) in [5.41, 5.74) is 1.64. The lowest BCUT2D eigenvalue weighted by atomic mass is 10.2. The van der Waals surface area contributed by atoms with Crippen molar-refractivity contribution in [1.82, 2.24) is 9.88 Å². The van der Waals surface area contributed by atoms with Crippen LogP contribution in [0.4, 0.5) is 11.5 Å². The van der Waals surface area contributed by atoms with Gasteiger partial charge in [0.2, 0.25) is 0 Å². The summed E-state index contributed by atoms with van der Waals surface area (Å²) >= 11 is 1.50. The summed E-state index contributed by atoms with van der Waals surface area (Å²) < 4.78 is 5.08. The number of anilines is 2. The lowest BCUT2D eigenvalue weighted by Crippen LogP contribution is -2.49. The maximum absolute atomic E-state index is 12.6. The van der Waals surface area contributed by atoms with Crippen molar-refractivity contribution in [3.63, 3.8) is 0 Å². The molecular formula is C20H20N4O3S. The Balaban J connectivity index is 1.34. The number of furan rings is 1. The molecule has 2 amide bonds. The fourth-order valence-corrected chi connectivity index (χ4v) is 4.01. The number of carbonyl (C=O) groups excluding carboxylic acids is 2. The fourth-order valence-electron chi connectivity index (χ4n) is 3.12. The third-order valence-electron chi connectivity index (χ3n) is 4.70. The van der Waals surface area contributed by atoms with Crippen LogP contribution < -0.4 is 10.2 Å². The summed E-state index contributed by atoms with van der Waals surface area (Å²) in [6.07, 6.45) is 3.09. The largest absolute Gasteiger partial charge is 0.459 e. The average molecular weight is 396 g/mol. The second kappa shape index (κ2) is 7.85. The number of carbonyl (C=O) groups is 2. The van der Waals surface area contributed by atoms with Crippen molar-refractivity contribution in [3.05, 3.63) is 64.4 Å². The van der Waals surface area contributed by atoms with E-state index < -0.39 is 0 Å². The van der Waals surface area contributed by atoms with Crippen LogP contribution in [-0.4, -0.2) is 47.9 Å². The van der Waals surface area contributed by atoms with Gasteiger partial charge in [-0.1, -0.05) is 0 Å². The maximum Gasteiger partial charge on any atom is 0.291 e. The number of amides is 2. The molecule has 0 unspecified atom stereocenters. The van der Waals surface area contributed by atoms with Crippen LogP contribution in [0.25, 0.3) is 0 Å². The molecule has 0 aromatic carbocycles. The van der Waals surface area contributed by atoms with E-state index in [2.05, 4.69) is 15.2 Å². The minimum Gasteiger partial charge on any atom is -0.459 e. The first kappa shape index (κ1) is 18.2. The Bertz CT molecular complexity index is 958. The molecule has 28 heavy (non-hydrogen) atoms. The molecule has 4 heterocycles. The van der Waals surface area contributed by atoms with Gasteiger partial charge in [-0.15, -0.1) is 11.3 Å². The molecule has 0 saturated carbocycles. The highest BCUT2D eigenvalue weighted by Crippen LogP contribution is 2.21. The molecule has 1 fully saturated rings. The highest BCUT2D eigenvalue weighted by atomic mass is 32.1. The number of aromatic nitrogens is 1. The average Bonchev–Trinajstić information content (AvgIpc) is 3.40. The van der Waals surface area contributed by atoms with Crippen molar-refractivity contribution in [2.75, 3.05) is 36.4 Å². The second-order valence-electron chi connectivity index (χ2n) is 6.55. The highest BCUT2D eigenvalue weighted by molar-refractivity contribution is 7.12. The van der Waals surface area contributed by atoms with E-state index in [-0.39, 0.29) is 17.6 Å². The van der Waals surface area contributed by atoms with Crippen LogP contribution in [0.15, 0.2) is 52.6 Å². The molecule has 1 aliphatic rings. The van der Waals surface area contributed by atoms with E-state index >= 15 is 0 Å². The van der Waals surface area contributed by atoms with Crippen molar-refractivity contribution in [3.8, 4) is 0 Å². The molecule has 7 nitrogen and oxygen atoms in total. The zero-order chi connectivity index (χ0) is 19.5. The number of rotatable bonds is 4. The van der Waals surface area contributed by atoms with Gasteiger partial charge in [-0.2, -0.15) is 0 Å². The van der Waals surface area contributed by atoms with Crippen molar-refractivity contribution in [2.24, 2.45) is 0 Å². The summed E-state index contributed by atoms with van der Waals surface area (Å²) in [4.78, 5) is 33.9. The number of aryl methyl sites for hydroxylation is 1. The summed E-state index contributed by atoms with van der Waals surface area (Å²) in [6, 6.07) is 8.94. The third-order valence-corrected chi connectivity index (χ3v) is 5.70.